The fourth-order valence-electron chi connectivity index (χ4n) is 1.65. The van der Waals surface area contributed by atoms with E-state index in [1.807, 2.05) is 17.4 Å². The zero-order valence-corrected chi connectivity index (χ0v) is 13.2. The van der Waals surface area contributed by atoms with E-state index < -0.39 is 0 Å². The summed E-state index contributed by atoms with van der Waals surface area (Å²) in [6.45, 7) is 0. The Bertz CT molecular complexity index is 568. The zero-order valence-electron chi connectivity index (χ0n) is 9.98. The van der Waals surface area contributed by atoms with Crippen molar-refractivity contribution in [3.63, 3.8) is 0 Å². The van der Waals surface area contributed by atoms with Crippen LogP contribution >= 0.6 is 42.8 Å². The van der Waals surface area contributed by atoms with Gasteiger partial charge in [0.05, 0.1) is 16.3 Å². The average molecular weight is 326 g/mol. The number of allylic oxidation sites excluding steroid dienone is 1. The van der Waals surface area contributed by atoms with Gasteiger partial charge in [0.1, 0.15) is 5.01 Å². The van der Waals surface area contributed by atoms with Crippen LogP contribution in [0.3, 0.4) is 0 Å². The Labute approximate surface area is 127 Å². The lowest BCUT2D eigenvalue weighted by Gasteiger charge is -1.99. The third kappa shape index (κ3) is 3.75. The lowest BCUT2D eigenvalue weighted by Crippen LogP contribution is -1.90. The van der Waals surface area contributed by atoms with Crippen molar-refractivity contribution < 1.29 is 0 Å². The van der Waals surface area contributed by atoms with Crippen molar-refractivity contribution in [3.05, 3.63) is 40.1 Å². The van der Waals surface area contributed by atoms with Gasteiger partial charge in [0.2, 0.25) is 0 Å². The van der Waals surface area contributed by atoms with Gasteiger partial charge >= 0.3 is 0 Å². The summed E-state index contributed by atoms with van der Waals surface area (Å²) in [6.07, 6.45) is 10.2. The van der Waals surface area contributed by atoms with Gasteiger partial charge in [-0.1, -0.05) is 16.9 Å². The molecule has 2 aromatic heterocycles. The summed E-state index contributed by atoms with van der Waals surface area (Å²) in [5.41, 5.74) is 1.27. The van der Waals surface area contributed by atoms with Gasteiger partial charge in [0.15, 0.2) is 5.16 Å². The van der Waals surface area contributed by atoms with Crippen molar-refractivity contribution >= 4 is 48.8 Å². The van der Waals surface area contributed by atoms with E-state index >= 15 is 0 Å². The first kappa shape index (κ1) is 13.5. The largest absolute Gasteiger partial charge is 0.245 e. The van der Waals surface area contributed by atoms with Gasteiger partial charge in [-0.2, -0.15) is 0 Å². The van der Waals surface area contributed by atoms with E-state index in [0.29, 0.717) is 0 Å². The Morgan fingerprint density at radius 1 is 1.26 bits per heavy atom. The zero-order chi connectivity index (χ0) is 12.9. The normalized spacial score (nSPS) is 13.5. The predicted molar refractivity (Wildman–Crippen MR) is 86.2 cm³/mol. The molecule has 0 spiro atoms. The highest BCUT2D eigenvalue weighted by Gasteiger charge is 2.11. The van der Waals surface area contributed by atoms with Crippen LogP contribution in [-0.2, 0) is 12.2 Å². The molecule has 0 saturated heterocycles. The molecule has 0 aliphatic heterocycles. The summed E-state index contributed by atoms with van der Waals surface area (Å²) in [6, 6.07) is 1.83. The van der Waals surface area contributed by atoms with E-state index in [9.17, 15) is 0 Å². The van der Waals surface area contributed by atoms with Crippen LogP contribution < -0.4 is 0 Å². The molecule has 0 amide bonds. The first-order valence-electron chi connectivity index (χ1n) is 5.80. The second-order valence-corrected chi connectivity index (χ2v) is 8.95. The molecule has 0 atom stereocenters. The number of hydrogen-bond acceptors (Lipinski definition) is 7. The van der Waals surface area contributed by atoms with Crippen molar-refractivity contribution in [2.75, 3.05) is 0 Å². The molecule has 0 radical (unpaired) electrons. The van der Waals surface area contributed by atoms with E-state index in [0.717, 1.165) is 23.8 Å². The van der Waals surface area contributed by atoms with Gasteiger partial charge in [-0.05, 0) is 45.6 Å². The first-order chi connectivity index (χ1) is 9.42. The predicted octanol–water partition coefficient (Wildman–Crippen LogP) is 4.48. The molecule has 2 heterocycles. The summed E-state index contributed by atoms with van der Waals surface area (Å²) in [5, 5.41) is 2.02. The second kappa shape index (κ2) is 6.78. The number of nitrogens with zero attached hydrogens (tertiary/aromatic N) is 3. The van der Waals surface area contributed by atoms with E-state index in [1.165, 1.54) is 15.6 Å². The van der Waals surface area contributed by atoms with Crippen molar-refractivity contribution in [1.82, 2.24) is 15.0 Å². The highest BCUT2D eigenvalue weighted by atomic mass is 33.5. The standard InChI is InChI=1S/C12H11N3S4/c1-2-5-10-9(4-1)15-11(17-10)8-16-19-18-12-13-6-3-7-14-12/h2-3,5-7H,1,4,8H2. The molecule has 0 fully saturated rings. The Morgan fingerprint density at radius 2 is 2.16 bits per heavy atom. The third-order valence-electron chi connectivity index (χ3n) is 2.47. The number of rotatable bonds is 5. The first-order valence-corrected chi connectivity index (χ1v) is 10.3. The molecule has 0 N–H and O–H groups in total. The topological polar surface area (TPSA) is 38.7 Å². The minimum absolute atomic E-state index is 0.807. The molecule has 1 aliphatic rings. The molecule has 19 heavy (non-hydrogen) atoms. The second-order valence-electron chi connectivity index (χ2n) is 3.80. The highest BCUT2D eigenvalue weighted by molar-refractivity contribution is 9.09. The molecule has 0 bridgehead atoms. The third-order valence-corrected chi connectivity index (χ3v) is 7.40. The fourth-order valence-corrected chi connectivity index (χ4v) is 6.14. The Hall–Kier alpha value is -0.500. The molecule has 7 heteroatoms. The Morgan fingerprint density at radius 3 is 3.00 bits per heavy atom. The smallest absolute Gasteiger partial charge is 0.199 e. The van der Waals surface area contributed by atoms with Crippen LogP contribution in [0, 0.1) is 0 Å². The highest BCUT2D eigenvalue weighted by Crippen LogP contribution is 2.41. The van der Waals surface area contributed by atoms with E-state index in [2.05, 4.69) is 27.1 Å². The number of hydrogen-bond donors (Lipinski definition) is 0. The van der Waals surface area contributed by atoms with Gasteiger partial charge in [-0.3, -0.25) is 0 Å². The maximum atomic E-state index is 4.69. The summed E-state index contributed by atoms with van der Waals surface area (Å²) >= 11 is 1.81. The van der Waals surface area contributed by atoms with Crippen LogP contribution in [0.5, 0.6) is 0 Å². The SMILES string of the molecule is C1=Cc2sc(CSSSc3ncccn3)nc2CC1. The molecule has 3 rings (SSSR count). The quantitative estimate of drug-likeness (QED) is 0.458. The minimum Gasteiger partial charge on any atom is -0.245 e. The Kier molecular flexibility index (Phi) is 4.81. The monoisotopic (exact) mass is 325 g/mol. The molecule has 98 valence electrons. The van der Waals surface area contributed by atoms with Gasteiger partial charge < -0.3 is 0 Å². The molecule has 0 unspecified atom stereocenters. The molecular weight excluding hydrogens is 314 g/mol. The van der Waals surface area contributed by atoms with Crippen molar-refractivity contribution in [3.8, 4) is 0 Å². The summed E-state index contributed by atoms with van der Waals surface area (Å²) in [4.78, 5) is 14.4. The summed E-state index contributed by atoms with van der Waals surface area (Å²) < 4.78 is 0. The Balaban J connectivity index is 1.48. The van der Waals surface area contributed by atoms with E-state index in [1.54, 1.807) is 43.8 Å². The maximum absolute atomic E-state index is 4.69. The summed E-state index contributed by atoms with van der Waals surface area (Å²) in [7, 11) is 5.09. The molecule has 2 aromatic rings. The number of aryl methyl sites for hydroxylation is 1. The molecule has 3 nitrogen and oxygen atoms in total. The lowest BCUT2D eigenvalue weighted by molar-refractivity contribution is 0.937. The van der Waals surface area contributed by atoms with Crippen LogP contribution in [0.2, 0.25) is 0 Å². The maximum Gasteiger partial charge on any atom is 0.199 e. The molecule has 0 saturated carbocycles. The summed E-state index contributed by atoms with van der Waals surface area (Å²) in [5.74, 6) is 0.940. The van der Waals surface area contributed by atoms with Crippen LogP contribution in [0.25, 0.3) is 6.08 Å². The number of fused-ring (bicyclic) bond motifs is 1. The van der Waals surface area contributed by atoms with Gasteiger partial charge in [-0.15, -0.1) is 11.3 Å². The van der Waals surface area contributed by atoms with Gasteiger partial charge in [0, 0.05) is 12.4 Å². The van der Waals surface area contributed by atoms with Gasteiger partial charge in [-0.25, -0.2) is 15.0 Å². The molecule has 0 aromatic carbocycles. The average Bonchev–Trinajstić information content (AvgIpc) is 2.87. The van der Waals surface area contributed by atoms with Crippen molar-refractivity contribution in [2.24, 2.45) is 0 Å². The number of thiazole rings is 1. The van der Waals surface area contributed by atoms with E-state index in [4.69, 9.17) is 0 Å². The number of aromatic nitrogens is 3. The van der Waals surface area contributed by atoms with Crippen molar-refractivity contribution in [1.29, 1.82) is 0 Å². The van der Waals surface area contributed by atoms with Crippen LogP contribution in [0.1, 0.15) is 22.0 Å². The van der Waals surface area contributed by atoms with Crippen LogP contribution in [0.15, 0.2) is 29.7 Å². The van der Waals surface area contributed by atoms with Crippen molar-refractivity contribution in [2.45, 2.75) is 23.8 Å². The lowest BCUT2D eigenvalue weighted by atomic mass is 10.1. The molecule has 1 aliphatic carbocycles. The molecular formula is C12H11N3S4. The fraction of sp³-hybridized carbons (Fsp3) is 0.250. The van der Waals surface area contributed by atoms with Crippen LogP contribution in [0.4, 0.5) is 0 Å². The van der Waals surface area contributed by atoms with E-state index in [-0.39, 0.29) is 0 Å². The minimum atomic E-state index is 0.807. The van der Waals surface area contributed by atoms with Gasteiger partial charge in [0.25, 0.3) is 0 Å². The van der Waals surface area contributed by atoms with Crippen LogP contribution in [-0.4, -0.2) is 15.0 Å².